The zero-order valence-electron chi connectivity index (χ0n) is 11.5. The predicted molar refractivity (Wildman–Crippen MR) is 77.9 cm³/mol. The number of nitrogens with one attached hydrogen (secondary N) is 1. The van der Waals surface area contributed by atoms with E-state index in [-0.39, 0.29) is 5.92 Å². The second kappa shape index (κ2) is 6.55. The topological polar surface area (TPSA) is 41.5 Å². The summed E-state index contributed by atoms with van der Waals surface area (Å²) in [6.45, 7) is 6.84. The van der Waals surface area contributed by atoms with Crippen molar-refractivity contribution in [1.82, 2.24) is 5.32 Å². The lowest BCUT2D eigenvalue weighted by Gasteiger charge is -2.27. The van der Waals surface area contributed by atoms with E-state index >= 15 is 0 Å². The van der Waals surface area contributed by atoms with Crippen molar-refractivity contribution < 1.29 is 9.84 Å². The lowest BCUT2D eigenvalue weighted by atomic mass is 9.94. The van der Waals surface area contributed by atoms with Gasteiger partial charge in [0.1, 0.15) is 12.4 Å². The first-order valence-corrected chi connectivity index (χ1v) is 6.94. The zero-order chi connectivity index (χ0) is 13.8. The third kappa shape index (κ3) is 4.26. The summed E-state index contributed by atoms with van der Waals surface area (Å²) in [5.41, 5.74) is 0.329. The van der Waals surface area contributed by atoms with Gasteiger partial charge >= 0.3 is 0 Å². The van der Waals surface area contributed by atoms with E-state index in [1.807, 2.05) is 39.1 Å². The van der Waals surface area contributed by atoms with E-state index in [2.05, 4.69) is 21.2 Å². The molecule has 0 heterocycles. The molecule has 2 N–H and O–H groups in total. The fourth-order valence-corrected chi connectivity index (χ4v) is 1.75. The van der Waals surface area contributed by atoms with E-state index < -0.39 is 5.60 Å². The molecule has 0 aliphatic carbocycles. The van der Waals surface area contributed by atoms with Crippen LogP contribution in [0.2, 0.25) is 0 Å². The standard InChI is InChI=1S/C14H22BrNO2/c1-10(2)14(3,17)9-18-12-5-6-13(15)11(7-12)8-16-4/h5-7,10,16-17H,8-9H2,1-4H3. The first kappa shape index (κ1) is 15.5. The Morgan fingerprint density at radius 3 is 2.67 bits per heavy atom. The van der Waals surface area contributed by atoms with Crippen LogP contribution in [-0.4, -0.2) is 24.4 Å². The highest BCUT2D eigenvalue weighted by Crippen LogP contribution is 2.24. The van der Waals surface area contributed by atoms with Gasteiger partial charge in [0.05, 0.1) is 5.60 Å². The minimum absolute atomic E-state index is 0.157. The molecule has 1 aromatic carbocycles. The van der Waals surface area contributed by atoms with Gasteiger partial charge in [0.2, 0.25) is 0 Å². The Morgan fingerprint density at radius 1 is 1.44 bits per heavy atom. The summed E-state index contributed by atoms with van der Waals surface area (Å²) in [5.74, 6) is 0.939. The van der Waals surface area contributed by atoms with Gasteiger partial charge < -0.3 is 15.2 Å². The van der Waals surface area contributed by atoms with E-state index in [1.165, 1.54) is 0 Å². The Kier molecular flexibility index (Phi) is 5.63. The van der Waals surface area contributed by atoms with Gasteiger partial charge in [0.15, 0.2) is 0 Å². The molecule has 4 heteroatoms. The maximum absolute atomic E-state index is 10.1. The third-order valence-electron chi connectivity index (χ3n) is 3.16. The minimum atomic E-state index is -0.809. The number of hydrogen-bond donors (Lipinski definition) is 2. The molecule has 0 aliphatic heterocycles. The highest BCUT2D eigenvalue weighted by molar-refractivity contribution is 9.10. The van der Waals surface area contributed by atoms with Crippen LogP contribution in [0.25, 0.3) is 0 Å². The van der Waals surface area contributed by atoms with Gasteiger partial charge in [-0.15, -0.1) is 0 Å². The van der Waals surface area contributed by atoms with Crippen molar-refractivity contribution in [3.8, 4) is 5.75 Å². The quantitative estimate of drug-likeness (QED) is 0.848. The maximum Gasteiger partial charge on any atom is 0.119 e. The summed E-state index contributed by atoms with van der Waals surface area (Å²) >= 11 is 3.50. The van der Waals surface area contributed by atoms with Gasteiger partial charge in [0.25, 0.3) is 0 Å². The first-order chi connectivity index (χ1) is 8.36. The Balaban J connectivity index is 2.71. The lowest BCUT2D eigenvalue weighted by Crippen LogP contribution is -2.37. The molecule has 0 aliphatic rings. The molecule has 0 saturated carbocycles. The zero-order valence-corrected chi connectivity index (χ0v) is 13.0. The number of rotatable bonds is 6. The van der Waals surface area contributed by atoms with Gasteiger partial charge in [-0.3, -0.25) is 0 Å². The van der Waals surface area contributed by atoms with Crippen LogP contribution in [0.15, 0.2) is 22.7 Å². The average Bonchev–Trinajstić information content (AvgIpc) is 2.30. The molecular weight excluding hydrogens is 294 g/mol. The van der Waals surface area contributed by atoms with Crippen molar-refractivity contribution in [3.05, 3.63) is 28.2 Å². The largest absolute Gasteiger partial charge is 0.491 e. The summed E-state index contributed by atoms with van der Waals surface area (Å²) in [6, 6.07) is 5.85. The molecule has 1 rings (SSSR count). The number of hydrogen-bond acceptors (Lipinski definition) is 3. The van der Waals surface area contributed by atoms with Crippen LogP contribution >= 0.6 is 15.9 Å². The molecule has 0 fully saturated rings. The molecule has 0 amide bonds. The van der Waals surface area contributed by atoms with E-state index in [1.54, 1.807) is 6.92 Å². The molecule has 18 heavy (non-hydrogen) atoms. The van der Waals surface area contributed by atoms with Gasteiger partial charge in [-0.05, 0) is 43.7 Å². The summed E-state index contributed by atoms with van der Waals surface area (Å²) in [7, 11) is 1.91. The highest BCUT2D eigenvalue weighted by Gasteiger charge is 2.25. The van der Waals surface area contributed by atoms with Crippen LogP contribution in [0.4, 0.5) is 0 Å². The monoisotopic (exact) mass is 315 g/mol. The summed E-state index contributed by atoms with van der Waals surface area (Å²) in [4.78, 5) is 0. The Morgan fingerprint density at radius 2 is 2.11 bits per heavy atom. The predicted octanol–water partition coefficient (Wildman–Crippen LogP) is 2.95. The van der Waals surface area contributed by atoms with Crippen LogP contribution in [-0.2, 0) is 6.54 Å². The van der Waals surface area contributed by atoms with Gasteiger partial charge in [-0.25, -0.2) is 0 Å². The summed E-state index contributed by atoms with van der Waals surface area (Å²) < 4.78 is 6.73. The number of aliphatic hydroxyl groups is 1. The number of halogens is 1. The molecule has 0 spiro atoms. The number of ether oxygens (including phenoxy) is 1. The van der Waals surface area contributed by atoms with Crippen molar-refractivity contribution in [3.63, 3.8) is 0 Å². The van der Waals surface area contributed by atoms with Gasteiger partial charge in [-0.2, -0.15) is 0 Å². The van der Waals surface area contributed by atoms with E-state index in [9.17, 15) is 5.11 Å². The van der Waals surface area contributed by atoms with Crippen LogP contribution in [0.3, 0.4) is 0 Å². The first-order valence-electron chi connectivity index (χ1n) is 6.15. The highest BCUT2D eigenvalue weighted by atomic mass is 79.9. The van der Waals surface area contributed by atoms with E-state index in [4.69, 9.17) is 4.74 Å². The minimum Gasteiger partial charge on any atom is -0.491 e. The second-order valence-electron chi connectivity index (χ2n) is 5.08. The van der Waals surface area contributed by atoms with Crippen molar-refractivity contribution in [2.45, 2.75) is 32.9 Å². The van der Waals surface area contributed by atoms with Crippen molar-refractivity contribution >= 4 is 15.9 Å². The molecule has 1 atom stereocenters. The molecule has 0 bridgehead atoms. The molecule has 3 nitrogen and oxygen atoms in total. The molecule has 0 radical (unpaired) electrons. The average molecular weight is 316 g/mol. The van der Waals surface area contributed by atoms with Gasteiger partial charge in [-0.1, -0.05) is 29.8 Å². The SMILES string of the molecule is CNCc1cc(OCC(C)(O)C(C)C)ccc1Br. The lowest BCUT2D eigenvalue weighted by molar-refractivity contribution is -0.0266. The fourth-order valence-electron chi connectivity index (χ4n) is 1.36. The Bertz CT molecular complexity index is 391. The smallest absolute Gasteiger partial charge is 0.119 e. The summed E-state index contributed by atoms with van der Waals surface area (Å²) in [5, 5.41) is 13.2. The molecule has 1 unspecified atom stereocenters. The van der Waals surface area contributed by atoms with Crippen molar-refractivity contribution in [2.24, 2.45) is 5.92 Å². The second-order valence-corrected chi connectivity index (χ2v) is 5.94. The van der Waals surface area contributed by atoms with E-state index in [0.29, 0.717) is 6.61 Å². The molecule has 102 valence electrons. The number of benzene rings is 1. The van der Waals surface area contributed by atoms with Crippen molar-refractivity contribution in [1.29, 1.82) is 0 Å². The van der Waals surface area contributed by atoms with Crippen LogP contribution < -0.4 is 10.1 Å². The third-order valence-corrected chi connectivity index (χ3v) is 3.93. The molecule has 0 aromatic heterocycles. The Hall–Kier alpha value is -0.580. The van der Waals surface area contributed by atoms with Crippen LogP contribution in [0.1, 0.15) is 26.3 Å². The van der Waals surface area contributed by atoms with Gasteiger partial charge in [0, 0.05) is 11.0 Å². The van der Waals surface area contributed by atoms with Crippen LogP contribution in [0, 0.1) is 5.92 Å². The molecule has 1 aromatic rings. The van der Waals surface area contributed by atoms with Crippen LogP contribution in [0.5, 0.6) is 5.75 Å². The summed E-state index contributed by atoms with van der Waals surface area (Å²) in [6.07, 6.45) is 0. The Labute approximate surface area is 118 Å². The molecular formula is C14H22BrNO2. The normalized spacial score (nSPS) is 14.6. The van der Waals surface area contributed by atoms with Crippen molar-refractivity contribution in [2.75, 3.05) is 13.7 Å². The fraction of sp³-hybridized carbons (Fsp3) is 0.571. The molecule has 0 saturated heterocycles. The van der Waals surface area contributed by atoms with E-state index in [0.717, 1.165) is 22.3 Å². The maximum atomic E-state index is 10.1.